The maximum Gasteiger partial charge on any atom is 0.189 e. The van der Waals surface area contributed by atoms with Crippen LogP contribution in [-0.4, -0.2) is 11.5 Å². The number of hydrogen-bond acceptors (Lipinski definition) is 4. The summed E-state index contributed by atoms with van der Waals surface area (Å²) < 4.78 is 0. The molecule has 1 aliphatic rings. The molecule has 2 rings (SSSR count). The lowest BCUT2D eigenvalue weighted by Crippen LogP contribution is -2.06. The third-order valence-electron chi connectivity index (χ3n) is 2.46. The van der Waals surface area contributed by atoms with Crippen LogP contribution in [0.3, 0.4) is 0 Å². The van der Waals surface area contributed by atoms with E-state index in [1.54, 1.807) is 18.3 Å². The van der Waals surface area contributed by atoms with Gasteiger partial charge in [-0.2, -0.15) is 17.0 Å². The highest BCUT2D eigenvalue weighted by atomic mass is 32.2. The van der Waals surface area contributed by atoms with E-state index in [2.05, 4.69) is 0 Å². The first-order chi connectivity index (χ1) is 7.22. The summed E-state index contributed by atoms with van der Waals surface area (Å²) in [6, 6.07) is 3.97. The molecular formula is C11H11NOS2. The molecule has 0 bridgehead atoms. The van der Waals surface area contributed by atoms with Gasteiger partial charge in [-0.1, -0.05) is 0 Å². The number of thiophene rings is 1. The van der Waals surface area contributed by atoms with Gasteiger partial charge in [0.1, 0.15) is 5.92 Å². The lowest BCUT2D eigenvalue weighted by Gasteiger charge is -2.08. The lowest BCUT2D eigenvalue weighted by molar-refractivity contribution is 0.0960. The van der Waals surface area contributed by atoms with E-state index in [0.29, 0.717) is 0 Å². The molecule has 0 radical (unpaired) electrons. The first kappa shape index (κ1) is 10.7. The van der Waals surface area contributed by atoms with Gasteiger partial charge in [-0.05, 0) is 30.7 Å². The standard InChI is InChI=1S/C11H11NOS2/c1-7(5-12)11(13)10-4-8-6-14-3-2-9(8)15-10/h4,7H,2-3,6H2,1H3. The number of fused-ring (bicyclic) bond motifs is 1. The fraction of sp³-hybridized carbons (Fsp3) is 0.455. The highest BCUT2D eigenvalue weighted by Crippen LogP contribution is 2.32. The highest BCUT2D eigenvalue weighted by Gasteiger charge is 2.20. The van der Waals surface area contributed by atoms with Crippen LogP contribution in [0.2, 0.25) is 0 Å². The fourth-order valence-electron chi connectivity index (χ4n) is 1.54. The molecule has 0 saturated heterocycles. The first-order valence-electron chi connectivity index (χ1n) is 4.85. The zero-order valence-corrected chi connectivity index (χ0v) is 10.1. The molecule has 0 fully saturated rings. The number of rotatable bonds is 2. The highest BCUT2D eigenvalue weighted by molar-refractivity contribution is 7.98. The van der Waals surface area contributed by atoms with Crippen molar-refractivity contribution in [1.82, 2.24) is 0 Å². The summed E-state index contributed by atoms with van der Waals surface area (Å²) in [5.74, 6) is 1.62. The molecule has 78 valence electrons. The first-order valence-corrected chi connectivity index (χ1v) is 6.82. The molecule has 1 aromatic rings. The average Bonchev–Trinajstić information content (AvgIpc) is 2.70. The molecule has 1 aliphatic heterocycles. The van der Waals surface area contributed by atoms with E-state index in [0.717, 1.165) is 22.8 Å². The molecule has 1 atom stereocenters. The number of aryl methyl sites for hydroxylation is 1. The number of nitrogens with zero attached hydrogens (tertiary/aromatic N) is 1. The molecule has 15 heavy (non-hydrogen) atoms. The van der Waals surface area contributed by atoms with Crippen molar-refractivity contribution in [2.24, 2.45) is 5.92 Å². The predicted molar refractivity (Wildman–Crippen MR) is 63.3 cm³/mol. The monoisotopic (exact) mass is 237 g/mol. The van der Waals surface area contributed by atoms with Crippen LogP contribution in [0.5, 0.6) is 0 Å². The Morgan fingerprint density at radius 3 is 3.13 bits per heavy atom. The van der Waals surface area contributed by atoms with Crippen LogP contribution in [-0.2, 0) is 12.2 Å². The topological polar surface area (TPSA) is 40.9 Å². The van der Waals surface area contributed by atoms with E-state index in [-0.39, 0.29) is 5.78 Å². The van der Waals surface area contributed by atoms with Crippen LogP contribution in [0.15, 0.2) is 6.07 Å². The van der Waals surface area contributed by atoms with Crippen molar-refractivity contribution in [3.63, 3.8) is 0 Å². The summed E-state index contributed by atoms with van der Waals surface area (Å²) in [5, 5.41) is 8.70. The van der Waals surface area contributed by atoms with Crippen molar-refractivity contribution in [3.8, 4) is 6.07 Å². The van der Waals surface area contributed by atoms with E-state index < -0.39 is 5.92 Å². The van der Waals surface area contributed by atoms with Crippen molar-refractivity contribution < 1.29 is 4.79 Å². The van der Waals surface area contributed by atoms with Crippen molar-refractivity contribution >= 4 is 28.9 Å². The third-order valence-corrected chi connectivity index (χ3v) is 4.72. The molecule has 1 unspecified atom stereocenters. The van der Waals surface area contributed by atoms with Crippen molar-refractivity contribution in [2.45, 2.75) is 19.1 Å². The number of nitriles is 1. The summed E-state index contributed by atoms with van der Waals surface area (Å²) >= 11 is 3.48. The quantitative estimate of drug-likeness (QED) is 0.743. The second kappa shape index (κ2) is 4.38. The minimum absolute atomic E-state index is 0.0260. The molecule has 0 amide bonds. The zero-order valence-electron chi connectivity index (χ0n) is 8.45. The summed E-state index contributed by atoms with van der Waals surface area (Å²) in [6.07, 6.45) is 1.07. The van der Waals surface area contributed by atoms with E-state index >= 15 is 0 Å². The van der Waals surface area contributed by atoms with Gasteiger partial charge in [0.15, 0.2) is 5.78 Å². The number of ketones is 1. The second-order valence-electron chi connectivity index (χ2n) is 3.58. The van der Waals surface area contributed by atoms with E-state index in [1.165, 1.54) is 10.4 Å². The predicted octanol–water partition coefficient (Wildman–Crippen LogP) is 2.88. The minimum atomic E-state index is -0.516. The van der Waals surface area contributed by atoms with Gasteiger partial charge in [0, 0.05) is 10.6 Å². The number of thioether (sulfide) groups is 1. The Labute approximate surface area is 97.3 Å². The molecule has 4 heteroatoms. The lowest BCUT2D eigenvalue weighted by atomic mass is 10.1. The molecule has 0 saturated carbocycles. The Hall–Kier alpha value is -0.790. The number of carbonyl (C=O) groups is 1. The van der Waals surface area contributed by atoms with Crippen LogP contribution in [0.25, 0.3) is 0 Å². The molecule has 0 aromatic carbocycles. The normalized spacial score (nSPS) is 16.5. The number of carbonyl (C=O) groups excluding carboxylic acids is 1. The van der Waals surface area contributed by atoms with Crippen LogP contribution in [0, 0.1) is 17.2 Å². The minimum Gasteiger partial charge on any atom is -0.292 e. The summed E-state index contributed by atoms with van der Waals surface area (Å²) in [4.78, 5) is 13.9. The van der Waals surface area contributed by atoms with Gasteiger partial charge >= 0.3 is 0 Å². The van der Waals surface area contributed by atoms with Gasteiger partial charge in [0.25, 0.3) is 0 Å². The Bertz CT molecular complexity index is 407. The molecule has 2 heterocycles. The molecule has 2 nitrogen and oxygen atoms in total. The Morgan fingerprint density at radius 2 is 2.47 bits per heavy atom. The van der Waals surface area contributed by atoms with Crippen LogP contribution in [0.4, 0.5) is 0 Å². The van der Waals surface area contributed by atoms with Crippen molar-refractivity contribution in [1.29, 1.82) is 5.26 Å². The van der Waals surface area contributed by atoms with Gasteiger partial charge in [-0.3, -0.25) is 4.79 Å². The third kappa shape index (κ3) is 2.09. The smallest absolute Gasteiger partial charge is 0.189 e. The maximum atomic E-state index is 11.8. The summed E-state index contributed by atoms with van der Waals surface area (Å²) in [6.45, 7) is 1.66. The van der Waals surface area contributed by atoms with Crippen LogP contribution < -0.4 is 0 Å². The molecule has 1 aromatic heterocycles. The van der Waals surface area contributed by atoms with Crippen LogP contribution >= 0.6 is 23.1 Å². The molecular weight excluding hydrogens is 226 g/mol. The maximum absolute atomic E-state index is 11.8. The Morgan fingerprint density at radius 1 is 1.67 bits per heavy atom. The van der Waals surface area contributed by atoms with Crippen molar-refractivity contribution in [2.75, 3.05) is 5.75 Å². The largest absolute Gasteiger partial charge is 0.292 e. The Kier molecular flexibility index (Phi) is 3.13. The van der Waals surface area contributed by atoms with Gasteiger partial charge < -0.3 is 0 Å². The zero-order chi connectivity index (χ0) is 10.8. The van der Waals surface area contributed by atoms with Crippen LogP contribution in [0.1, 0.15) is 27.0 Å². The van der Waals surface area contributed by atoms with E-state index in [4.69, 9.17) is 5.26 Å². The Balaban J connectivity index is 2.27. The number of hydrogen-bond donors (Lipinski definition) is 0. The molecule has 0 N–H and O–H groups in total. The summed E-state index contributed by atoms with van der Waals surface area (Å²) in [5.41, 5.74) is 1.30. The average molecular weight is 237 g/mol. The van der Waals surface area contributed by atoms with Gasteiger partial charge in [-0.15, -0.1) is 11.3 Å². The molecule has 0 aliphatic carbocycles. The van der Waals surface area contributed by atoms with Gasteiger partial charge in [-0.25, -0.2) is 0 Å². The SMILES string of the molecule is CC(C#N)C(=O)c1cc2c(s1)CCSC2. The second-order valence-corrected chi connectivity index (χ2v) is 5.82. The van der Waals surface area contributed by atoms with Crippen molar-refractivity contribution in [3.05, 3.63) is 21.4 Å². The number of Topliss-reactive ketones (excluding diaryl/α,β-unsaturated/α-hetero) is 1. The van der Waals surface area contributed by atoms with E-state index in [9.17, 15) is 4.79 Å². The van der Waals surface area contributed by atoms with Gasteiger partial charge in [0.05, 0.1) is 10.9 Å². The fourth-order valence-corrected chi connectivity index (χ4v) is 3.94. The van der Waals surface area contributed by atoms with E-state index in [1.807, 2.05) is 23.9 Å². The van der Waals surface area contributed by atoms with Gasteiger partial charge in [0.2, 0.25) is 0 Å². The molecule has 0 spiro atoms. The summed E-state index contributed by atoms with van der Waals surface area (Å²) in [7, 11) is 0.